The van der Waals surface area contributed by atoms with Crippen molar-refractivity contribution in [3.63, 3.8) is 0 Å². The van der Waals surface area contributed by atoms with Crippen LogP contribution in [-0.2, 0) is 0 Å². The first kappa shape index (κ1) is 8.29. The predicted octanol–water partition coefficient (Wildman–Crippen LogP) is 2.48. The summed E-state index contributed by atoms with van der Waals surface area (Å²) in [5.41, 5.74) is 2.14. The van der Waals surface area contributed by atoms with Gasteiger partial charge in [-0.1, -0.05) is 12.1 Å². The van der Waals surface area contributed by atoms with E-state index in [4.69, 9.17) is 9.47 Å². The van der Waals surface area contributed by atoms with Crippen molar-refractivity contribution in [3.8, 4) is 22.6 Å². The van der Waals surface area contributed by atoms with Crippen molar-refractivity contribution in [2.45, 2.75) is 0 Å². The zero-order chi connectivity index (χ0) is 10.1. The first-order valence-corrected chi connectivity index (χ1v) is 4.74. The monoisotopic (exact) mass is 199 g/mol. The zero-order valence-electron chi connectivity index (χ0n) is 8.01. The van der Waals surface area contributed by atoms with Crippen molar-refractivity contribution >= 4 is 0 Å². The van der Waals surface area contributed by atoms with Gasteiger partial charge in [0.15, 0.2) is 11.5 Å². The molecular weight excluding hydrogens is 190 g/mol. The fraction of sp³-hybridized carbons (Fsp3) is 0.0833. The van der Waals surface area contributed by atoms with Gasteiger partial charge in [-0.25, -0.2) is 0 Å². The second kappa shape index (κ2) is 3.28. The van der Waals surface area contributed by atoms with Gasteiger partial charge in [0.1, 0.15) is 0 Å². The van der Waals surface area contributed by atoms with Gasteiger partial charge >= 0.3 is 0 Å². The van der Waals surface area contributed by atoms with E-state index in [-0.39, 0.29) is 0 Å². The number of benzene rings is 1. The Bertz CT molecular complexity index is 482. The molecule has 0 N–H and O–H groups in total. The normalized spacial score (nSPS) is 12.8. The third-order valence-electron chi connectivity index (χ3n) is 2.39. The summed E-state index contributed by atoms with van der Waals surface area (Å²) in [6.07, 6.45) is 3.54. The molecule has 2 heterocycles. The van der Waals surface area contributed by atoms with Crippen LogP contribution in [0.3, 0.4) is 0 Å². The van der Waals surface area contributed by atoms with Crippen LogP contribution in [0.2, 0.25) is 0 Å². The summed E-state index contributed by atoms with van der Waals surface area (Å²) in [6.45, 7) is 0.303. The molecule has 1 aliphatic heterocycles. The molecule has 1 aliphatic rings. The van der Waals surface area contributed by atoms with Gasteiger partial charge in [0.2, 0.25) is 6.79 Å². The van der Waals surface area contributed by atoms with Crippen molar-refractivity contribution < 1.29 is 9.47 Å². The maximum Gasteiger partial charge on any atom is 0.231 e. The molecule has 0 saturated heterocycles. The molecule has 0 radical (unpaired) electrons. The molecule has 1 aromatic carbocycles. The lowest BCUT2D eigenvalue weighted by atomic mass is 10.1. The van der Waals surface area contributed by atoms with Crippen LogP contribution < -0.4 is 9.47 Å². The van der Waals surface area contributed by atoms with Crippen molar-refractivity contribution in [3.05, 3.63) is 42.7 Å². The molecule has 0 spiro atoms. The van der Waals surface area contributed by atoms with Crippen LogP contribution in [0, 0.1) is 0 Å². The highest BCUT2D eigenvalue weighted by atomic mass is 16.7. The van der Waals surface area contributed by atoms with Crippen molar-refractivity contribution in [1.82, 2.24) is 4.98 Å². The summed E-state index contributed by atoms with van der Waals surface area (Å²) in [5.74, 6) is 1.63. The lowest BCUT2D eigenvalue weighted by Gasteiger charge is -2.04. The molecule has 3 nitrogen and oxygen atoms in total. The molecular formula is C12H9NO2. The van der Waals surface area contributed by atoms with Crippen LogP contribution in [0.4, 0.5) is 0 Å². The maximum absolute atomic E-state index is 5.44. The number of ether oxygens (including phenoxy) is 2. The second-order valence-corrected chi connectivity index (χ2v) is 3.28. The second-order valence-electron chi connectivity index (χ2n) is 3.28. The SMILES string of the molecule is c1cc2c(c(-c3ccncc3)c1)OCO2. The predicted molar refractivity (Wildman–Crippen MR) is 55.8 cm³/mol. The average Bonchev–Trinajstić information content (AvgIpc) is 2.78. The number of rotatable bonds is 1. The molecule has 3 heteroatoms. The smallest absolute Gasteiger partial charge is 0.231 e. The Morgan fingerprint density at radius 2 is 1.87 bits per heavy atom. The van der Waals surface area contributed by atoms with Crippen molar-refractivity contribution in [2.75, 3.05) is 6.79 Å². The Morgan fingerprint density at radius 3 is 2.73 bits per heavy atom. The Balaban J connectivity index is 2.17. The largest absolute Gasteiger partial charge is 0.454 e. The molecule has 0 bridgehead atoms. The Kier molecular flexibility index (Phi) is 1.81. The van der Waals surface area contributed by atoms with Gasteiger partial charge in [0, 0.05) is 18.0 Å². The summed E-state index contributed by atoms with van der Waals surface area (Å²) < 4.78 is 10.8. The number of nitrogens with zero attached hydrogens (tertiary/aromatic N) is 1. The number of pyridine rings is 1. The van der Waals surface area contributed by atoms with E-state index in [0.29, 0.717) is 6.79 Å². The minimum absolute atomic E-state index is 0.303. The molecule has 0 amide bonds. The lowest BCUT2D eigenvalue weighted by molar-refractivity contribution is 0.174. The molecule has 0 saturated carbocycles. The molecule has 15 heavy (non-hydrogen) atoms. The van der Waals surface area contributed by atoms with Crippen LogP contribution in [0.25, 0.3) is 11.1 Å². The Labute approximate surface area is 87.3 Å². The Morgan fingerprint density at radius 1 is 1.00 bits per heavy atom. The van der Waals surface area contributed by atoms with Gasteiger partial charge in [0.25, 0.3) is 0 Å². The van der Waals surface area contributed by atoms with Crippen molar-refractivity contribution in [2.24, 2.45) is 0 Å². The van der Waals surface area contributed by atoms with Crippen molar-refractivity contribution in [1.29, 1.82) is 0 Å². The van der Waals surface area contributed by atoms with Crippen LogP contribution in [-0.4, -0.2) is 11.8 Å². The van der Waals surface area contributed by atoms with Crippen LogP contribution in [0.5, 0.6) is 11.5 Å². The van der Waals surface area contributed by atoms with E-state index in [0.717, 1.165) is 22.6 Å². The number of hydrogen-bond donors (Lipinski definition) is 0. The molecule has 0 unspecified atom stereocenters. The molecule has 2 aromatic rings. The minimum Gasteiger partial charge on any atom is -0.454 e. The van der Waals surface area contributed by atoms with E-state index in [9.17, 15) is 0 Å². The van der Waals surface area contributed by atoms with Gasteiger partial charge in [-0.3, -0.25) is 4.98 Å². The summed E-state index contributed by atoms with van der Waals surface area (Å²) in [6, 6.07) is 9.80. The molecule has 0 aliphatic carbocycles. The number of aromatic nitrogens is 1. The van der Waals surface area contributed by atoms with E-state index in [2.05, 4.69) is 4.98 Å². The Hall–Kier alpha value is -2.03. The fourth-order valence-corrected chi connectivity index (χ4v) is 1.69. The number of fused-ring (bicyclic) bond motifs is 1. The highest BCUT2D eigenvalue weighted by molar-refractivity contribution is 5.73. The average molecular weight is 199 g/mol. The first-order chi connectivity index (χ1) is 7.45. The highest BCUT2D eigenvalue weighted by Gasteiger charge is 2.17. The van der Waals surface area contributed by atoms with E-state index in [1.165, 1.54) is 0 Å². The first-order valence-electron chi connectivity index (χ1n) is 4.74. The molecule has 3 rings (SSSR count). The third kappa shape index (κ3) is 1.32. The quantitative estimate of drug-likeness (QED) is 0.707. The highest BCUT2D eigenvalue weighted by Crippen LogP contribution is 2.40. The fourth-order valence-electron chi connectivity index (χ4n) is 1.69. The van der Waals surface area contributed by atoms with E-state index < -0.39 is 0 Å². The van der Waals surface area contributed by atoms with Crippen LogP contribution >= 0.6 is 0 Å². The van der Waals surface area contributed by atoms with Crippen LogP contribution in [0.1, 0.15) is 0 Å². The summed E-state index contributed by atoms with van der Waals surface area (Å²) in [7, 11) is 0. The molecule has 74 valence electrons. The summed E-state index contributed by atoms with van der Waals surface area (Å²) in [4.78, 5) is 3.99. The summed E-state index contributed by atoms with van der Waals surface area (Å²) in [5, 5.41) is 0. The van der Waals surface area contributed by atoms with Gasteiger partial charge in [-0.2, -0.15) is 0 Å². The van der Waals surface area contributed by atoms with E-state index in [1.807, 2.05) is 30.3 Å². The third-order valence-corrected chi connectivity index (χ3v) is 2.39. The molecule has 1 aromatic heterocycles. The topological polar surface area (TPSA) is 31.4 Å². The number of hydrogen-bond acceptors (Lipinski definition) is 3. The standard InChI is InChI=1S/C12H9NO2/c1-2-10(9-4-6-13-7-5-9)12-11(3-1)14-8-15-12/h1-7H,8H2. The minimum atomic E-state index is 0.303. The number of para-hydroxylation sites is 1. The molecule has 0 atom stereocenters. The van der Waals surface area contributed by atoms with Gasteiger partial charge in [-0.05, 0) is 23.8 Å². The molecule has 0 fully saturated rings. The van der Waals surface area contributed by atoms with Gasteiger partial charge in [0.05, 0.1) is 0 Å². The van der Waals surface area contributed by atoms with Crippen LogP contribution in [0.15, 0.2) is 42.7 Å². The maximum atomic E-state index is 5.44. The van der Waals surface area contributed by atoms with E-state index >= 15 is 0 Å². The van der Waals surface area contributed by atoms with Gasteiger partial charge in [-0.15, -0.1) is 0 Å². The van der Waals surface area contributed by atoms with Gasteiger partial charge < -0.3 is 9.47 Å². The zero-order valence-corrected chi connectivity index (χ0v) is 8.01. The lowest BCUT2D eigenvalue weighted by Crippen LogP contribution is -1.93. The summed E-state index contributed by atoms with van der Waals surface area (Å²) >= 11 is 0. The van der Waals surface area contributed by atoms with E-state index in [1.54, 1.807) is 12.4 Å².